The highest BCUT2D eigenvalue weighted by Gasteiger charge is 2.27. The molecule has 1 aliphatic rings. The van der Waals surface area contributed by atoms with Gasteiger partial charge < -0.3 is 5.11 Å². The summed E-state index contributed by atoms with van der Waals surface area (Å²) in [4.78, 5) is 3.96. The molecule has 0 saturated heterocycles. The SMILES string of the molecule is O=S(=O)(Nc1nc(C2CC2)cs1)c1cc(F)ccc1CO. The molecule has 3 rings (SSSR count). The van der Waals surface area contributed by atoms with Crippen LogP contribution in [0.5, 0.6) is 0 Å². The molecule has 0 unspecified atom stereocenters. The molecule has 1 heterocycles. The quantitative estimate of drug-likeness (QED) is 0.883. The Labute approximate surface area is 125 Å². The molecule has 8 heteroatoms. The third-order valence-electron chi connectivity index (χ3n) is 3.23. The first-order chi connectivity index (χ1) is 9.99. The van der Waals surface area contributed by atoms with Gasteiger partial charge in [0, 0.05) is 11.3 Å². The maximum Gasteiger partial charge on any atom is 0.264 e. The maximum absolute atomic E-state index is 13.3. The fourth-order valence-electron chi connectivity index (χ4n) is 1.98. The minimum absolute atomic E-state index is 0.142. The number of halogens is 1. The van der Waals surface area contributed by atoms with Gasteiger partial charge in [-0.1, -0.05) is 6.07 Å². The topological polar surface area (TPSA) is 79.3 Å². The molecular weight excluding hydrogens is 315 g/mol. The van der Waals surface area contributed by atoms with Crippen molar-refractivity contribution in [1.82, 2.24) is 4.98 Å². The molecule has 0 radical (unpaired) electrons. The average Bonchev–Trinajstić information content (AvgIpc) is 3.20. The van der Waals surface area contributed by atoms with Gasteiger partial charge in [-0.05, 0) is 30.5 Å². The van der Waals surface area contributed by atoms with Gasteiger partial charge in [0.15, 0.2) is 5.13 Å². The number of sulfonamides is 1. The summed E-state index contributed by atoms with van der Waals surface area (Å²) in [7, 11) is -3.97. The average molecular weight is 328 g/mol. The van der Waals surface area contributed by atoms with Crippen molar-refractivity contribution in [1.29, 1.82) is 0 Å². The zero-order valence-electron chi connectivity index (χ0n) is 10.9. The first-order valence-electron chi connectivity index (χ1n) is 6.37. The van der Waals surface area contributed by atoms with Gasteiger partial charge in [-0.25, -0.2) is 17.8 Å². The molecule has 1 saturated carbocycles. The lowest BCUT2D eigenvalue weighted by molar-refractivity contribution is 0.278. The monoisotopic (exact) mass is 328 g/mol. The number of aromatic nitrogens is 1. The van der Waals surface area contributed by atoms with Crippen molar-refractivity contribution in [2.45, 2.75) is 30.3 Å². The van der Waals surface area contributed by atoms with Crippen LogP contribution in [-0.2, 0) is 16.6 Å². The van der Waals surface area contributed by atoms with E-state index < -0.39 is 22.4 Å². The number of aliphatic hydroxyl groups is 1. The Morgan fingerprint density at radius 3 is 2.86 bits per heavy atom. The number of rotatable bonds is 5. The van der Waals surface area contributed by atoms with E-state index in [2.05, 4.69) is 9.71 Å². The number of nitrogens with one attached hydrogen (secondary N) is 1. The second kappa shape index (κ2) is 5.36. The van der Waals surface area contributed by atoms with Crippen molar-refractivity contribution in [3.63, 3.8) is 0 Å². The summed E-state index contributed by atoms with van der Waals surface area (Å²) in [6.45, 7) is -0.484. The third kappa shape index (κ3) is 3.07. The number of hydrogen-bond acceptors (Lipinski definition) is 5. The van der Waals surface area contributed by atoms with E-state index in [0.29, 0.717) is 5.92 Å². The largest absolute Gasteiger partial charge is 0.392 e. The highest BCUT2D eigenvalue weighted by Crippen LogP contribution is 2.41. The lowest BCUT2D eigenvalue weighted by Crippen LogP contribution is -2.15. The Bertz CT molecular complexity index is 769. The van der Waals surface area contributed by atoms with E-state index >= 15 is 0 Å². The fraction of sp³-hybridized carbons (Fsp3) is 0.308. The Hall–Kier alpha value is -1.51. The van der Waals surface area contributed by atoms with Crippen molar-refractivity contribution in [3.8, 4) is 0 Å². The fourth-order valence-corrected chi connectivity index (χ4v) is 4.27. The molecule has 1 aromatic carbocycles. The molecule has 0 spiro atoms. The standard InChI is InChI=1S/C13H13FN2O3S2/c14-10-4-3-9(6-17)12(5-10)21(18,19)16-13-15-11(7-20-13)8-1-2-8/h3-5,7-8,17H,1-2,6H2,(H,15,16). The smallest absolute Gasteiger partial charge is 0.264 e. The van der Waals surface area contributed by atoms with Gasteiger partial charge in [0.1, 0.15) is 5.82 Å². The van der Waals surface area contributed by atoms with Crippen LogP contribution < -0.4 is 4.72 Å². The molecule has 0 amide bonds. The first-order valence-corrected chi connectivity index (χ1v) is 8.73. The van der Waals surface area contributed by atoms with Crippen LogP contribution in [0.25, 0.3) is 0 Å². The van der Waals surface area contributed by atoms with Gasteiger partial charge in [0.05, 0.1) is 17.2 Å². The maximum atomic E-state index is 13.3. The Balaban J connectivity index is 1.90. The zero-order valence-corrected chi connectivity index (χ0v) is 12.5. The Morgan fingerprint density at radius 1 is 1.43 bits per heavy atom. The van der Waals surface area contributed by atoms with E-state index in [4.69, 9.17) is 0 Å². The number of nitrogens with zero attached hydrogens (tertiary/aromatic N) is 1. The minimum atomic E-state index is -3.97. The van der Waals surface area contributed by atoms with Gasteiger partial charge in [-0.3, -0.25) is 4.72 Å². The molecule has 0 aliphatic heterocycles. The summed E-state index contributed by atoms with van der Waals surface area (Å²) in [6, 6.07) is 3.25. The van der Waals surface area contributed by atoms with Crippen LogP contribution in [0.2, 0.25) is 0 Å². The molecule has 5 nitrogen and oxygen atoms in total. The van der Waals surface area contributed by atoms with Crippen LogP contribution in [0.4, 0.5) is 9.52 Å². The molecular formula is C13H13FN2O3S2. The van der Waals surface area contributed by atoms with Crippen molar-refractivity contribution in [3.05, 3.63) is 40.7 Å². The predicted octanol–water partition coefficient (Wildman–Crippen LogP) is 2.45. The Morgan fingerprint density at radius 2 is 2.19 bits per heavy atom. The van der Waals surface area contributed by atoms with Crippen LogP contribution >= 0.6 is 11.3 Å². The van der Waals surface area contributed by atoms with Crippen molar-refractivity contribution in [2.24, 2.45) is 0 Å². The van der Waals surface area contributed by atoms with Crippen molar-refractivity contribution >= 4 is 26.5 Å². The molecule has 1 aliphatic carbocycles. The molecule has 112 valence electrons. The van der Waals surface area contributed by atoms with Crippen LogP contribution in [0.3, 0.4) is 0 Å². The molecule has 1 aromatic heterocycles. The third-order valence-corrected chi connectivity index (χ3v) is 5.55. The molecule has 21 heavy (non-hydrogen) atoms. The number of hydrogen-bond donors (Lipinski definition) is 2. The van der Waals surface area contributed by atoms with Crippen molar-refractivity contribution < 1.29 is 17.9 Å². The van der Waals surface area contributed by atoms with Crippen LogP contribution in [-0.4, -0.2) is 18.5 Å². The minimum Gasteiger partial charge on any atom is -0.392 e. The summed E-state index contributed by atoms with van der Waals surface area (Å²) in [5, 5.41) is 11.3. The summed E-state index contributed by atoms with van der Waals surface area (Å²) < 4.78 is 40.2. The molecule has 0 bridgehead atoms. The van der Waals surface area contributed by atoms with E-state index in [0.717, 1.165) is 30.7 Å². The van der Waals surface area contributed by atoms with Gasteiger partial charge in [-0.15, -0.1) is 11.3 Å². The van der Waals surface area contributed by atoms with E-state index in [1.807, 2.05) is 5.38 Å². The van der Waals surface area contributed by atoms with Crippen LogP contribution in [0.1, 0.15) is 30.0 Å². The number of benzene rings is 1. The predicted molar refractivity (Wildman–Crippen MR) is 77.2 cm³/mol. The van der Waals surface area contributed by atoms with E-state index in [1.54, 1.807) is 0 Å². The van der Waals surface area contributed by atoms with E-state index in [9.17, 15) is 17.9 Å². The molecule has 0 atom stereocenters. The van der Waals surface area contributed by atoms with Crippen molar-refractivity contribution in [2.75, 3.05) is 4.72 Å². The highest BCUT2D eigenvalue weighted by atomic mass is 32.2. The molecule has 2 N–H and O–H groups in total. The normalized spacial score (nSPS) is 15.1. The zero-order chi connectivity index (χ0) is 15.0. The first kappa shape index (κ1) is 14.4. The summed E-state index contributed by atoms with van der Waals surface area (Å²) in [5.74, 6) is -0.243. The lowest BCUT2D eigenvalue weighted by Gasteiger charge is -2.09. The number of anilines is 1. The second-order valence-corrected chi connectivity index (χ2v) is 7.38. The molecule has 1 fully saturated rings. The van der Waals surface area contributed by atoms with E-state index in [1.165, 1.54) is 17.4 Å². The molecule has 2 aromatic rings. The summed E-state index contributed by atoms with van der Waals surface area (Å²) in [5.41, 5.74) is 1.03. The van der Waals surface area contributed by atoms with Gasteiger partial charge in [0.25, 0.3) is 10.0 Å². The van der Waals surface area contributed by atoms with E-state index in [-0.39, 0.29) is 15.6 Å². The second-order valence-electron chi connectivity index (χ2n) is 4.87. The lowest BCUT2D eigenvalue weighted by atomic mass is 10.2. The Kier molecular flexibility index (Phi) is 3.68. The summed E-state index contributed by atoms with van der Waals surface area (Å²) >= 11 is 1.20. The highest BCUT2D eigenvalue weighted by molar-refractivity contribution is 7.93. The van der Waals surface area contributed by atoms with Gasteiger partial charge in [0.2, 0.25) is 0 Å². The van der Waals surface area contributed by atoms with Crippen LogP contribution in [0, 0.1) is 5.82 Å². The summed E-state index contributed by atoms with van der Waals surface area (Å²) in [6.07, 6.45) is 2.16. The van der Waals surface area contributed by atoms with Gasteiger partial charge >= 0.3 is 0 Å². The van der Waals surface area contributed by atoms with Gasteiger partial charge in [-0.2, -0.15) is 0 Å². The number of thiazole rings is 1. The number of aliphatic hydroxyl groups excluding tert-OH is 1. The van der Waals surface area contributed by atoms with Crippen LogP contribution in [0.15, 0.2) is 28.5 Å².